The summed E-state index contributed by atoms with van der Waals surface area (Å²) in [5, 5.41) is 0. The van der Waals surface area contributed by atoms with Crippen LogP contribution in [-0.4, -0.2) is 14.2 Å². The second-order valence-electron chi connectivity index (χ2n) is 4.84. The molecule has 0 amide bonds. The maximum Gasteiger partial charge on any atom is 0.161 e. The van der Waals surface area contributed by atoms with Crippen LogP contribution in [0.25, 0.3) is 0 Å². The Hall–Kier alpha value is -2.20. The third-order valence-electron chi connectivity index (χ3n) is 3.24. The largest absolute Gasteiger partial charge is 0.493 e. The van der Waals surface area contributed by atoms with Crippen LogP contribution in [0, 0.1) is 0 Å². The van der Waals surface area contributed by atoms with E-state index >= 15 is 0 Å². The highest BCUT2D eigenvalue weighted by molar-refractivity contribution is 5.43. The quantitative estimate of drug-likeness (QED) is 0.885. The minimum atomic E-state index is -0.00497. The summed E-state index contributed by atoms with van der Waals surface area (Å²) in [6.07, 6.45) is 0. The summed E-state index contributed by atoms with van der Waals surface area (Å²) < 4.78 is 16.3. The maximum atomic E-state index is 5.87. The second-order valence-corrected chi connectivity index (χ2v) is 4.84. The zero-order chi connectivity index (χ0) is 15.2. The van der Waals surface area contributed by atoms with E-state index in [-0.39, 0.29) is 6.04 Å². The molecule has 0 aliphatic carbocycles. The molecule has 2 aromatic rings. The first-order valence-electron chi connectivity index (χ1n) is 6.83. The molecule has 1 atom stereocenters. The maximum absolute atomic E-state index is 5.87. The normalized spacial score (nSPS) is 11.8. The molecular weight excluding hydrogens is 266 g/mol. The summed E-state index contributed by atoms with van der Waals surface area (Å²) in [6, 6.07) is 13.6. The van der Waals surface area contributed by atoms with Gasteiger partial charge in [0.2, 0.25) is 0 Å². The molecule has 0 heterocycles. The van der Waals surface area contributed by atoms with E-state index < -0.39 is 0 Å². The molecule has 0 saturated carbocycles. The SMILES string of the molecule is COc1ccc(COc2cccc([C@H](C)N)c2)cc1OC. The predicted molar refractivity (Wildman–Crippen MR) is 82.9 cm³/mol. The molecule has 0 fully saturated rings. The van der Waals surface area contributed by atoms with Gasteiger partial charge in [-0.25, -0.2) is 0 Å². The Morgan fingerprint density at radius 3 is 2.43 bits per heavy atom. The van der Waals surface area contributed by atoms with Gasteiger partial charge < -0.3 is 19.9 Å². The summed E-state index contributed by atoms with van der Waals surface area (Å²) in [4.78, 5) is 0. The van der Waals surface area contributed by atoms with Crippen LogP contribution in [0.1, 0.15) is 24.1 Å². The van der Waals surface area contributed by atoms with Crippen molar-refractivity contribution in [3.63, 3.8) is 0 Å². The van der Waals surface area contributed by atoms with E-state index in [0.29, 0.717) is 18.1 Å². The first-order chi connectivity index (χ1) is 10.1. The van der Waals surface area contributed by atoms with Crippen molar-refractivity contribution in [2.45, 2.75) is 19.6 Å². The van der Waals surface area contributed by atoms with Crippen LogP contribution in [0.4, 0.5) is 0 Å². The van der Waals surface area contributed by atoms with E-state index in [4.69, 9.17) is 19.9 Å². The standard InChI is InChI=1S/C17H21NO3/c1-12(18)14-5-4-6-15(10-14)21-11-13-7-8-16(19-2)17(9-13)20-3/h4-10,12H,11,18H2,1-3H3/t12-/m0/s1. The Morgan fingerprint density at radius 2 is 1.76 bits per heavy atom. The number of hydrogen-bond donors (Lipinski definition) is 1. The van der Waals surface area contributed by atoms with E-state index in [1.165, 1.54) is 0 Å². The van der Waals surface area contributed by atoms with Gasteiger partial charge in [0.15, 0.2) is 11.5 Å². The molecule has 0 aromatic heterocycles. The van der Waals surface area contributed by atoms with Crippen LogP contribution in [-0.2, 0) is 6.61 Å². The van der Waals surface area contributed by atoms with Gasteiger partial charge in [-0.1, -0.05) is 18.2 Å². The van der Waals surface area contributed by atoms with Gasteiger partial charge in [0, 0.05) is 6.04 Å². The third-order valence-corrected chi connectivity index (χ3v) is 3.24. The molecule has 2 rings (SSSR count). The van der Waals surface area contributed by atoms with Gasteiger partial charge in [0.1, 0.15) is 12.4 Å². The highest BCUT2D eigenvalue weighted by atomic mass is 16.5. The van der Waals surface area contributed by atoms with E-state index in [1.54, 1.807) is 14.2 Å². The molecule has 0 radical (unpaired) electrons. The first-order valence-corrected chi connectivity index (χ1v) is 6.83. The Kier molecular flexibility index (Phi) is 5.06. The van der Waals surface area contributed by atoms with Crippen LogP contribution in [0.2, 0.25) is 0 Å². The number of hydrogen-bond acceptors (Lipinski definition) is 4. The molecule has 0 saturated heterocycles. The van der Waals surface area contributed by atoms with Crippen molar-refractivity contribution in [2.24, 2.45) is 5.73 Å². The van der Waals surface area contributed by atoms with Crippen molar-refractivity contribution in [3.8, 4) is 17.2 Å². The molecule has 0 unspecified atom stereocenters. The zero-order valence-corrected chi connectivity index (χ0v) is 12.6. The molecule has 0 aliphatic rings. The van der Waals surface area contributed by atoms with Crippen LogP contribution in [0.3, 0.4) is 0 Å². The molecule has 21 heavy (non-hydrogen) atoms. The number of nitrogens with two attached hydrogens (primary N) is 1. The van der Waals surface area contributed by atoms with E-state index in [0.717, 1.165) is 16.9 Å². The Bertz CT molecular complexity index is 596. The lowest BCUT2D eigenvalue weighted by molar-refractivity contribution is 0.303. The molecule has 4 heteroatoms. The zero-order valence-electron chi connectivity index (χ0n) is 12.6. The lowest BCUT2D eigenvalue weighted by Crippen LogP contribution is -2.05. The van der Waals surface area contributed by atoms with Gasteiger partial charge in [0.05, 0.1) is 14.2 Å². The number of methoxy groups -OCH3 is 2. The summed E-state index contributed by atoms with van der Waals surface area (Å²) in [7, 11) is 3.24. The minimum Gasteiger partial charge on any atom is -0.493 e. The molecule has 112 valence electrons. The topological polar surface area (TPSA) is 53.7 Å². The minimum absolute atomic E-state index is 0.00497. The molecule has 0 aliphatic heterocycles. The van der Waals surface area contributed by atoms with E-state index in [9.17, 15) is 0 Å². The first kappa shape index (κ1) is 15.2. The van der Waals surface area contributed by atoms with E-state index in [2.05, 4.69) is 0 Å². The Balaban J connectivity index is 2.07. The summed E-state index contributed by atoms with van der Waals surface area (Å²) in [6.45, 7) is 2.41. The van der Waals surface area contributed by atoms with Crippen LogP contribution < -0.4 is 19.9 Å². The van der Waals surface area contributed by atoms with Crippen molar-refractivity contribution >= 4 is 0 Å². The number of rotatable bonds is 6. The summed E-state index contributed by atoms with van der Waals surface area (Å²) in [5.41, 5.74) is 7.94. The fraction of sp³-hybridized carbons (Fsp3) is 0.294. The van der Waals surface area contributed by atoms with E-state index in [1.807, 2.05) is 49.4 Å². The van der Waals surface area contributed by atoms with Gasteiger partial charge in [-0.3, -0.25) is 0 Å². The third kappa shape index (κ3) is 3.89. The van der Waals surface area contributed by atoms with Crippen LogP contribution >= 0.6 is 0 Å². The smallest absolute Gasteiger partial charge is 0.161 e. The highest BCUT2D eigenvalue weighted by Gasteiger charge is 2.06. The Labute approximate surface area is 125 Å². The van der Waals surface area contributed by atoms with Gasteiger partial charge in [-0.15, -0.1) is 0 Å². The van der Waals surface area contributed by atoms with Crippen molar-refractivity contribution in [2.75, 3.05) is 14.2 Å². The van der Waals surface area contributed by atoms with Crippen LogP contribution in [0.5, 0.6) is 17.2 Å². The molecule has 2 N–H and O–H groups in total. The summed E-state index contributed by atoms with van der Waals surface area (Å²) >= 11 is 0. The average molecular weight is 287 g/mol. The van der Waals surface area contributed by atoms with Gasteiger partial charge in [0.25, 0.3) is 0 Å². The average Bonchev–Trinajstić information content (AvgIpc) is 2.52. The van der Waals surface area contributed by atoms with Gasteiger partial charge in [-0.2, -0.15) is 0 Å². The summed E-state index contributed by atoms with van der Waals surface area (Å²) in [5.74, 6) is 2.21. The number of benzene rings is 2. The fourth-order valence-electron chi connectivity index (χ4n) is 2.02. The van der Waals surface area contributed by atoms with Gasteiger partial charge in [-0.05, 0) is 42.3 Å². The van der Waals surface area contributed by atoms with Crippen molar-refractivity contribution in [1.82, 2.24) is 0 Å². The van der Waals surface area contributed by atoms with Crippen molar-refractivity contribution in [3.05, 3.63) is 53.6 Å². The molecular formula is C17H21NO3. The Morgan fingerprint density at radius 1 is 1.00 bits per heavy atom. The molecule has 0 bridgehead atoms. The van der Waals surface area contributed by atoms with Crippen LogP contribution in [0.15, 0.2) is 42.5 Å². The van der Waals surface area contributed by atoms with Crippen molar-refractivity contribution < 1.29 is 14.2 Å². The lowest BCUT2D eigenvalue weighted by Gasteiger charge is -2.12. The fourth-order valence-corrected chi connectivity index (χ4v) is 2.02. The van der Waals surface area contributed by atoms with Gasteiger partial charge >= 0.3 is 0 Å². The van der Waals surface area contributed by atoms with Crippen molar-refractivity contribution in [1.29, 1.82) is 0 Å². The molecule has 2 aromatic carbocycles. The number of ether oxygens (including phenoxy) is 3. The monoisotopic (exact) mass is 287 g/mol. The molecule has 4 nitrogen and oxygen atoms in total. The predicted octanol–water partition coefficient (Wildman–Crippen LogP) is 3.30. The lowest BCUT2D eigenvalue weighted by atomic mass is 10.1. The molecule has 0 spiro atoms. The second kappa shape index (κ2) is 6.99. The highest BCUT2D eigenvalue weighted by Crippen LogP contribution is 2.28.